The summed E-state index contributed by atoms with van der Waals surface area (Å²) in [7, 11) is 0. The van der Waals surface area contributed by atoms with Crippen molar-refractivity contribution in [3.8, 4) is 17.6 Å². The molecule has 0 atom stereocenters. The van der Waals surface area contributed by atoms with E-state index in [9.17, 15) is 0 Å². The molecule has 0 bridgehead atoms. The minimum absolute atomic E-state index is 0.0955. The number of hydrogen-bond acceptors (Lipinski definition) is 3. The SMILES string of the molecule is OCCC#Cc1cncc(OCC2CCCC2)c1. The van der Waals surface area contributed by atoms with Gasteiger partial charge in [-0.05, 0) is 24.8 Å². The highest BCUT2D eigenvalue weighted by atomic mass is 16.5. The molecule has 0 unspecified atom stereocenters. The normalized spacial score (nSPS) is 15.2. The molecule has 3 nitrogen and oxygen atoms in total. The maximum Gasteiger partial charge on any atom is 0.138 e. The van der Waals surface area contributed by atoms with Crippen molar-refractivity contribution >= 4 is 0 Å². The van der Waals surface area contributed by atoms with Crippen LogP contribution in [0, 0.1) is 17.8 Å². The number of rotatable bonds is 4. The lowest BCUT2D eigenvalue weighted by Gasteiger charge is -2.10. The van der Waals surface area contributed by atoms with Gasteiger partial charge in [0.2, 0.25) is 0 Å². The minimum atomic E-state index is 0.0955. The van der Waals surface area contributed by atoms with Gasteiger partial charge in [0.25, 0.3) is 0 Å². The molecule has 18 heavy (non-hydrogen) atoms. The molecular weight excluding hydrogens is 226 g/mol. The molecule has 1 N–H and O–H groups in total. The van der Waals surface area contributed by atoms with Crippen molar-refractivity contribution in [1.82, 2.24) is 4.98 Å². The molecule has 0 radical (unpaired) electrons. The van der Waals surface area contributed by atoms with Crippen molar-refractivity contribution in [3.05, 3.63) is 24.0 Å². The molecule has 1 saturated carbocycles. The topological polar surface area (TPSA) is 42.4 Å². The van der Waals surface area contributed by atoms with Gasteiger partial charge in [-0.25, -0.2) is 0 Å². The Morgan fingerprint density at radius 3 is 2.94 bits per heavy atom. The van der Waals surface area contributed by atoms with Crippen molar-refractivity contribution in [2.75, 3.05) is 13.2 Å². The summed E-state index contributed by atoms with van der Waals surface area (Å²) in [4.78, 5) is 4.12. The summed E-state index contributed by atoms with van der Waals surface area (Å²) in [5.74, 6) is 7.33. The third kappa shape index (κ3) is 4.05. The first-order chi connectivity index (χ1) is 8.88. The van der Waals surface area contributed by atoms with Crippen LogP contribution >= 0.6 is 0 Å². The molecule has 1 aliphatic rings. The summed E-state index contributed by atoms with van der Waals surface area (Å²) in [5.41, 5.74) is 0.840. The summed E-state index contributed by atoms with van der Waals surface area (Å²) in [6.45, 7) is 0.882. The van der Waals surface area contributed by atoms with Crippen molar-refractivity contribution in [1.29, 1.82) is 0 Å². The monoisotopic (exact) mass is 245 g/mol. The van der Waals surface area contributed by atoms with E-state index in [-0.39, 0.29) is 6.61 Å². The summed E-state index contributed by atoms with van der Waals surface area (Å²) >= 11 is 0. The van der Waals surface area contributed by atoms with E-state index < -0.39 is 0 Å². The Kier molecular flexibility index (Phi) is 5.04. The van der Waals surface area contributed by atoms with E-state index in [4.69, 9.17) is 9.84 Å². The van der Waals surface area contributed by atoms with E-state index in [2.05, 4.69) is 16.8 Å². The number of nitrogens with zero attached hydrogens (tertiary/aromatic N) is 1. The van der Waals surface area contributed by atoms with Gasteiger partial charge in [0.05, 0.1) is 19.4 Å². The van der Waals surface area contributed by atoms with Gasteiger partial charge in [-0.2, -0.15) is 0 Å². The average Bonchev–Trinajstić information content (AvgIpc) is 2.90. The molecule has 0 amide bonds. The predicted octanol–water partition coefficient (Wildman–Crippen LogP) is 2.38. The smallest absolute Gasteiger partial charge is 0.138 e. The van der Waals surface area contributed by atoms with Crippen LogP contribution in [-0.2, 0) is 0 Å². The fraction of sp³-hybridized carbons (Fsp3) is 0.533. The van der Waals surface area contributed by atoms with Crippen LogP contribution in [0.3, 0.4) is 0 Å². The molecule has 0 aliphatic heterocycles. The molecule has 1 fully saturated rings. The molecule has 0 aromatic carbocycles. The van der Waals surface area contributed by atoms with E-state index in [1.54, 1.807) is 12.4 Å². The first-order valence-electron chi connectivity index (χ1n) is 6.56. The van der Waals surface area contributed by atoms with Gasteiger partial charge in [0.1, 0.15) is 5.75 Å². The fourth-order valence-electron chi connectivity index (χ4n) is 2.18. The molecule has 1 heterocycles. The van der Waals surface area contributed by atoms with Gasteiger partial charge in [0, 0.05) is 18.2 Å². The highest BCUT2D eigenvalue weighted by Gasteiger charge is 2.15. The third-order valence-corrected chi connectivity index (χ3v) is 3.14. The Morgan fingerprint density at radius 1 is 1.33 bits per heavy atom. The van der Waals surface area contributed by atoms with E-state index in [0.717, 1.165) is 17.9 Å². The standard InChI is InChI=1S/C15H19NO2/c17-8-4-3-7-14-9-15(11-16-10-14)18-12-13-5-1-2-6-13/h9-11,13,17H,1-2,4-6,8,12H2. The molecule has 0 saturated heterocycles. The number of aliphatic hydroxyl groups excluding tert-OH is 1. The van der Waals surface area contributed by atoms with Crippen molar-refractivity contribution in [2.24, 2.45) is 5.92 Å². The van der Waals surface area contributed by atoms with Crippen molar-refractivity contribution in [2.45, 2.75) is 32.1 Å². The van der Waals surface area contributed by atoms with Crippen LogP contribution in [0.1, 0.15) is 37.7 Å². The number of ether oxygens (including phenoxy) is 1. The van der Waals surface area contributed by atoms with Crippen LogP contribution in [0.4, 0.5) is 0 Å². The second kappa shape index (κ2) is 7.03. The van der Waals surface area contributed by atoms with Crippen LogP contribution < -0.4 is 4.74 Å². The molecule has 0 spiro atoms. The van der Waals surface area contributed by atoms with Crippen LogP contribution in [0.5, 0.6) is 5.75 Å². The van der Waals surface area contributed by atoms with Crippen LogP contribution in [0.25, 0.3) is 0 Å². The van der Waals surface area contributed by atoms with E-state index >= 15 is 0 Å². The summed E-state index contributed by atoms with van der Waals surface area (Å²) in [5, 5.41) is 8.66. The highest BCUT2D eigenvalue weighted by Crippen LogP contribution is 2.25. The highest BCUT2D eigenvalue weighted by molar-refractivity contribution is 5.36. The Balaban J connectivity index is 1.88. The second-order valence-corrected chi connectivity index (χ2v) is 4.65. The van der Waals surface area contributed by atoms with Gasteiger partial charge in [-0.1, -0.05) is 24.7 Å². The quantitative estimate of drug-likeness (QED) is 0.828. The fourth-order valence-corrected chi connectivity index (χ4v) is 2.18. The van der Waals surface area contributed by atoms with Gasteiger partial charge in [-0.15, -0.1) is 0 Å². The minimum Gasteiger partial charge on any atom is -0.492 e. The van der Waals surface area contributed by atoms with Crippen molar-refractivity contribution in [3.63, 3.8) is 0 Å². The first kappa shape index (κ1) is 12.9. The molecule has 96 valence electrons. The zero-order chi connectivity index (χ0) is 12.6. The number of hydrogen-bond donors (Lipinski definition) is 1. The Hall–Kier alpha value is -1.53. The molecule has 3 heteroatoms. The number of aliphatic hydroxyl groups is 1. The molecule has 1 aromatic rings. The summed E-state index contributed by atoms with van der Waals surface area (Å²) in [6.07, 6.45) is 9.16. The van der Waals surface area contributed by atoms with Gasteiger partial charge >= 0.3 is 0 Å². The summed E-state index contributed by atoms with van der Waals surface area (Å²) in [6, 6.07) is 1.91. The maximum atomic E-state index is 8.66. The zero-order valence-electron chi connectivity index (χ0n) is 10.6. The van der Waals surface area contributed by atoms with Crippen molar-refractivity contribution < 1.29 is 9.84 Å². The van der Waals surface area contributed by atoms with Crippen LogP contribution in [0.15, 0.2) is 18.5 Å². The molecule has 1 aromatic heterocycles. The zero-order valence-corrected chi connectivity index (χ0v) is 10.6. The lowest BCUT2D eigenvalue weighted by molar-refractivity contribution is 0.251. The predicted molar refractivity (Wildman–Crippen MR) is 70.3 cm³/mol. The lowest BCUT2D eigenvalue weighted by atomic mass is 10.1. The summed E-state index contributed by atoms with van der Waals surface area (Å²) < 4.78 is 5.76. The lowest BCUT2D eigenvalue weighted by Crippen LogP contribution is -2.08. The van der Waals surface area contributed by atoms with E-state index in [1.165, 1.54) is 25.7 Å². The molecule has 2 rings (SSSR count). The van der Waals surface area contributed by atoms with Gasteiger partial charge < -0.3 is 9.84 Å². The van der Waals surface area contributed by atoms with E-state index in [1.807, 2.05) is 6.07 Å². The molecule has 1 aliphatic carbocycles. The maximum absolute atomic E-state index is 8.66. The number of aromatic nitrogens is 1. The van der Waals surface area contributed by atoms with Crippen LogP contribution in [-0.4, -0.2) is 23.3 Å². The largest absolute Gasteiger partial charge is 0.492 e. The second-order valence-electron chi connectivity index (χ2n) is 4.65. The number of pyridine rings is 1. The van der Waals surface area contributed by atoms with E-state index in [0.29, 0.717) is 12.3 Å². The average molecular weight is 245 g/mol. The van der Waals surface area contributed by atoms with Gasteiger partial charge in [-0.3, -0.25) is 4.98 Å². The first-order valence-corrected chi connectivity index (χ1v) is 6.56. The third-order valence-electron chi connectivity index (χ3n) is 3.14. The Morgan fingerprint density at radius 2 is 2.17 bits per heavy atom. The van der Waals surface area contributed by atoms with Gasteiger partial charge in [0.15, 0.2) is 0 Å². The Labute approximate surface area is 108 Å². The van der Waals surface area contributed by atoms with Crippen LogP contribution in [0.2, 0.25) is 0 Å². The molecular formula is C15H19NO2. The Bertz CT molecular complexity index is 428.